The summed E-state index contributed by atoms with van der Waals surface area (Å²) in [6.45, 7) is 4.17. The smallest absolute Gasteiger partial charge is 0.336 e. The summed E-state index contributed by atoms with van der Waals surface area (Å²) in [5.74, 6) is 1.35. The fourth-order valence-corrected chi connectivity index (χ4v) is 3.25. The number of hydrogen-bond donors (Lipinski definition) is 2. The fraction of sp³-hybridized carbons (Fsp3) is 0.217. The number of aryl methyl sites for hydroxylation is 2. The molecule has 0 spiro atoms. The first-order chi connectivity index (χ1) is 15.0. The molecule has 4 rings (SSSR count). The van der Waals surface area contributed by atoms with Crippen LogP contribution in [-0.2, 0) is 13.0 Å². The number of nitrogens with two attached hydrogens (primary N) is 1. The van der Waals surface area contributed by atoms with Crippen molar-refractivity contribution >= 4 is 28.6 Å². The average molecular weight is 417 g/mol. The van der Waals surface area contributed by atoms with Gasteiger partial charge < -0.3 is 20.2 Å². The molecule has 0 unspecified atom stereocenters. The molecule has 8 heteroatoms. The molecule has 31 heavy (non-hydrogen) atoms. The van der Waals surface area contributed by atoms with Crippen molar-refractivity contribution in [1.82, 2.24) is 15.0 Å². The van der Waals surface area contributed by atoms with E-state index in [1.54, 1.807) is 12.1 Å². The Bertz CT molecular complexity index is 1270. The van der Waals surface area contributed by atoms with Crippen LogP contribution >= 0.6 is 0 Å². The zero-order valence-electron chi connectivity index (χ0n) is 17.4. The first-order valence-corrected chi connectivity index (χ1v) is 10.0. The van der Waals surface area contributed by atoms with Crippen LogP contribution in [0.15, 0.2) is 57.7 Å². The van der Waals surface area contributed by atoms with Gasteiger partial charge in [-0.25, -0.2) is 4.79 Å². The molecule has 0 saturated heterocycles. The van der Waals surface area contributed by atoms with E-state index in [2.05, 4.69) is 27.2 Å². The van der Waals surface area contributed by atoms with Crippen LogP contribution in [-0.4, -0.2) is 15.0 Å². The number of hydrogen-bond acceptors (Lipinski definition) is 8. The van der Waals surface area contributed by atoms with Crippen molar-refractivity contribution in [3.05, 3.63) is 75.9 Å². The van der Waals surface area contributed by atoms with Crippen LogP contribution in [0.4, 0.5) is 17.6 Å². The van der Waals surface area contributed by atoms with E-state index in [0.29, 0.717) is 23.1 Å². The molecule has 158 valence electrons. The number of nitrogen functional groups attached to an aromatic ring is 1. The highest BCUT2D eigenvalue weighted by Gasteiger charge is 2.09. The highest BCUT2D eigenvalue weighted by molar-refractivity contribution is 5.81. The monoisotopic (exact) mass is 417 g/mol. The summed E-state index contributed by atoms with van der Waals surface area (Å²) >= 11 is 0. The largest absolute Gasteiger partial charge is 0.485 e. The van der Waals surface area contributed by atoms with Gasteiger partial charge in [0.15, 0.2) is 5.82 Å². The quantitative estimate of drug-likeness (QED) is 0.431. The van der Waals surface area contributed by atoms with Gasteiger partial charge in [0, 0.05) is 23.2 Å². The Kier molecular flexibility index (Phi) is 5.79. The lowest BCUT2D eigenvalue weighted by Crippen LogP contribution is -2.09. The maximum absolute atomic E-state index is 11.9. The highest BCUT2D eigenvalue weighted by atomic mass is 16.5. The predicted octanol–water partition coefficient (Wildman–Crippen LogP) is 4.14. The molecule has 0 aliphatic rings. The lowest BCUT2D eigenvalue weighted by molar-refractivity contribution is 0.296. The van der Waals surface area contributed by atoms with E-state index >= 15 is 0 Å². The Morgan fingerprint density at radius 1 is 1.06 bits per heavy atom. The number of anilines is 3. The molecule has 0 saturated carbocycles. The topological polar surface area (TPSA) is 116 Å². The van der Waals surface area contributed by atoms with Gasteiger partial charge in [-0.3, -0.25) is 0 Å². The van der Waals surface area contributed by atoms with E-state index in [9.17, 15) is 4.79 Å². The molecule has 2 aromatic carbocycles. The van der Waals surface area contributed by atoms with Crippen molar-refractivity contribution in [1.29, 1.82) is 0 Å². The third-order valence-electron chi connectivity index (χ3n) is 4.70. The van der Waals surface area contributed by atoms with Crippen LogP contribution < -0.4 is 21.4 Å². The van der Waals surface area contributed by atoms with Crippen molar-refractivity contribution in [2.75, 3.05) is 11.1 Å². The summed E-state index contributed by atoms with van der Waals surface area (Å²) in [5, 5.41) is 4.02. The second-order valence-electron chi connectivity index (χ2n) is 7.21. The summed E-state index contributed by atoms with van der Waals surface area (Å²) < 4.78 is 11.2. The van der Waals surface area contributed by atoms with Crippen molar-refractivity contribution in [2.45, 2.75) is 33.3 Å². The standard InChI is InChI=1S/C23H23N5O3/c1-3-4-15-11-21(29)31-19-12-17(9-10-18(15)19)30-13-20-26-22(24)28-23(27-20)25-16-7-5-14(2)6-8-16/h5-12H,3-4,13H2,1-2H3,(H3,24,25,26,27,28). The first-order valence-electron chi connectivity index (χ1n) is 10.0. The Morgan fingerprint density at radius 2 is 1.87 bits per heavy atom. The molecule has 3 N–H and O–H groups in total. The van der Waals surface area contributed by atoms with Crippen LogP contribution in [0, 0.1) is 6.92 Å². The summed E-state index contributed by atoms with van der Waals surface area (Å²) in [6, 6.07) is 14.8. The van der Waals surface area contributed by atoms with Crippen molar-refractivity contribution in [2.24, 2.45) is 0 Å². The number of fused-ring (bicyclic) bond motifs is 1. The molecular formula is C23H23N5O3. The summed E-state index contributed by atoms with van der Waals surface area (Å²) in [4.78, 5) is 24.5. The van der Waals surface area contributed by atoms with Gasteiger partial charge in [-0.1, -0.05) is 31.0 Å². The molecular weight excluding hydrogens is 394 g/mol. The molecule has 0 radical (unpaired) electrons. The van der Waals surface area contributed by atoms with Gasteiger partial charge in [0.25, 0.3) is 0 Å². The minimum absolute atomic E-state index is 0.0830. The lowest BCUT2D eigenvalue weighted by Gasteiger charge is -2.10. The number of aromatic nitrogens is 3. The van der Waals surface area contributed by atoms with Gasteiger partial charge in [0.1, 0.15) is 17.9 Å². The number of rotatable bonds is 7. The van der Waals surface area contributed by atoms with Gasteiger partial charge in [-0.15, -0.1) is 0 Å². The van der Waals surface area contributed by atoms with E-state index < -0.39 is 0 Å². The van der Waals surface area contributed by atoms with E-state index in [0.717, 1.165) is 35.0 Å². The molecule has 0 amide bonds. The molecule has 0 bridgehead atoms. The summed E-state index contributed by atoms with van der Waals surface area (Å²) in [7, 11) is 0. The Labute approximate surface area is 179 Å². The number of benzene rings is 2. The van der Waals surface area contributed by atoms with Gasteiger partial charge in [0.05, 0.1) is 0 Å². The van der Waals surface area contributed by atoms with E-state index in [1.165, 1.54) is 0 Å². The molecule has 0 fully saturated rings. The van der Waals surface area contributed by atoms with E-state index in [1.807, 2.05) is 43.3 Å². The maximum atomic E-state index is 11.9. The van der Waals surface area contributed by atoms with Crippen molar-refractivity contribution in [3.63, 3.8) is 0 Å². The molecule has 0 aliphatic heterocycles. The summed E-state index contributed by atoms with van der Waals surface area (Å²) in [6.07, 6.45) is 1.75. The van der Waals surface area contributed by atoms with Gasteiger partial charge in [0.2, 0.25) is 11.9 Å². The second-order valence-corrected chi connectivity index (χ2v) is 7.21. The van der Waals surface area contributed by atoms with E-state index in [4.69, 9.17) is 14.9 Å². The Balaban J connectivity index is 1.52. The fourth-order valence-electron chi connectivity index (χ4n) is 3.25. The van der Waals surface area contributed by atoms with Crippen LogP contribution in [0.1, 0.15) is 30.3 Å². The highest BCUT2D eigenvalue weighted by Crippen LogP contribution is 2.24. The molecule has 0 atom stereocenters. The van der Waals surface area contributed by atoms with Crippen molar-refractivity contribution < 1.29 is 9.15 Å². The third kappa shape index (κ3) is 4.98. The van der Waals surface area contributed by atoms with Crippen LogP contribution in [0.2, 0.25) is 0 Å². The zero-order valence-corrected chi connectivity index (χ0v) is 17.4. The SMILES string of the molecule is CCCc1cc(=O)oc2cc(OCc3nc(N)nc(Nc4ccc(C)cc4)n3)ccc12. The maximum Gasteiger partial charge on any atom is 0.336 e. The Morgan fingerprint density at radius 3 is 2.65 bits per heavy atom. The van der Waals surface area contributed by atoms with Gasteiger partial charge >= 0.3 is 5.63 Å². The molecule has 2 aromatic heterocycles. The lowest BCUT2D eigenvalue weighted by atomic mass is 10.1. The average Bonchev–Trinajstić information content (AvgIpc) is 2.73. The third-order valence-corrected chi connectivity index (χ3v) is 4.70. The molecule has 0 aliphatic carbocycles. The summed E-state index contributed by atoms with van der Waals surface area (Å²) in [5.41, 5.74) is 8.92. The van der Waals surface area contributed by atoms with Gasteiger partial charge in [-0.05, 0) is 43.2 Å². The minimum atomic E-state index is -0.370. The number of ether oxygens (including phenoxy) is 1. The second kappa shape index (κ2) is 8.83. The number of nitrogens with one attached hydrogen (secondary N) is 1. The minimum Gasteiger partial charge on any atom is -0.485 e. The van der Waals surface area contributed by atoms with Gasteiger partial charge in [-0.2, -0.15) is 15.0 Å². The van der Waals surface area contributed by atoms with E-state index in [-0.39, 0.29) is 18.2 Å². The molecule has 8 nitrogen and oxygen atoms in total. The molecule has 2 heterocycles. The van der Waals surface area contributed by atoms with Crippen LogP contribution in [0.3, 0.4) is 0 Å². The van der Waals surface area contributed by atoms with Crippen molar-refractivity contribution in [3.8, 4) is 5.75 Å². The first kappa shape index (κ1) is 20.3. The zero-order chi connectivity index (χ0) is 21.8. The molecule has 4 aromatic rings. The van der Waals surface area contributed by atoms with Crippen LogP contribution in [0.25, 0.3) is 11.0 Å². The number of nitrogens with zero attached hydrogens (tertiary/aromatic N) is 3. The Hall–Kier alpha value is -3.94. The predicted molar refractivity (Wildman–Crippen MR) is 120 cm³/mol. The van der Waals surface area contributed by atoms with Crippen LogP contribution in [0.5, 0.6) is 5.75 Å². The normalized spacial score (nSPS) is 10.9.